The summed E-state index contributed by atoms with van der Waals surface area (Å²) in [5.74, 6) is -0.818. The summed E-state index contributed by atoms with van der Waals surface area (Å²) in [6.45, 7) is 5.90. The van der Waals surface area contributed by atoms with Crippen LogP contribution in [0.2, 0.25) is 0 Å². The molecule has 2 saturated heterocycles. The number of benzene rings is 2. The molecule has 2 aliphatic rings. The quantitative estimate of drug-likeness (QED) is 0.581. The second kappa shape index (κ2) is 9.54. The molecule has 0 amide bonds. The van der Waals surface area contributed by atoms with Crippen LogP contribution in [0.25, 0.3) is 11.1 Å². The maximum atomic E-state index is 14.3. The third-order valence-electron chi connectivity index (χ3n) is 6.25. The monoisotopic (exact) mass is 416 g/mol. The smallest absolute Gasteiger partial charge is 0.166 e. The van der Waals surface area contributed by atoms with E-state index in [1.54, 1.807) is 19.1 Å². The third kappa shape index (κ3) is 4.58. The lowest BCUT2D eigenvalue weighted by Gasteiger charge is -2.37. The van der Waals surface area contributed by atoms with Crippen LogP contribution in [0, 0.1) is 30.4 Å². The van der Waals surface area contributed by atoms with Crippen LogP contribution in [0.15, 0.2) is 36.4 Å². The molecule has 0 spiro atoms. The molecule has 30 heavy (non-hydrogen) atoms. The van der Waals surface area contributed by atoms with Gasteiger partial charge < -0.3 is 14.2 Å². The molecule has 5 heteroatoms. The predicted molar refractivity (Wildman–Crippen MR) is 112 cm³/mol. The fourth-order valence-electron chi connectivity index (χ4n) is 4.40. The molecule has 0 bridgehead atoms. The van der Waals surface area contributed by atoms with E-state index in [1.165, 1.54) is 0 Å². The zero-order chi connectivity index (χ0) is 21.1. The Bertz CT molecular complexity index is 836. The fraction of sp³-hybridized carbons (Fsp3) is 0.520. The van der Waals surface area contributed by atoms with Crippen LogP contribution in [0.5, 0.6) is 0 Å². The second-order valence-electron chi connectivity index (χ2n) is 8.53. The Morgan fingerprint density at radius 3 is 2.23 bits per heavy atom. The van der Waals surface area contributed by atoms with Gasteiger partial charge in [0.05, 0.1) is 25.9 Å². The first kappa shape index (κ1) is 21.4. The van der Waals surface area contributed by atoms with Crippen molar-refractivity contribution in [1.82, 2.24) is 0 Å². The molecule has 0 aliphatic carbocycles. The van der Waals surface area contributed by atoms with Gasteiger partial charge in [-0.2, -0.15) is 0 Å². The molecular weight excluding hydrogens is 386 g/mol. The first-order valence-electron chi connectivity index (χ1n) is 11.0. The lowest BCUT2D eigenvalue weighted by Crippen LogP contribution is -2.40. The van der Waals surface area contributed by atoms with Crippen LogP contribution >= 0.6 is 0 Å². The van der Waals surface area contributed by atoms with E-state index in [4.69, 9.17) is 14.2 Å². The van der Waals surface area contributed by atoms with Crippen LogP contribution in [0.3, 0.4) is 0 Å². The molecule has 0 aromatic heterocycles. The van der Waals surface area contributed by atoms with Gasteiger partial charge >= 0.3 is 0 Å². The first-order valence-corrected chi connectivity index (χ1v) is 11.0. The highest BCUT2D eigenvalue weighted by molar-refractivity contribution is 5.65. The van der Waals surface area contributed by atoms with Crippen LogP contribution in [0.4, 0.5) is 8.78 Å². The molecule has 4 rings (SSSR count). The number of rotatable bonds is 5. The Balaban J connectivity index is 1.34. The lowest BCUT2D eigenvalue weighted by molar-refractivity contribution is -0.241. The van der Waals surface area contributed by atoms with Crippen molar-refractivity contribution in [3.8, 4) is 11.1 Å². The molecule has 3 nitrogen and oxygen atoms in total. The fourth-order valence-corrected chi connectivity index (χ4v) is 4.40. The minimum Gasteiger partial charge on any atom is -0.373 e. The number of aryl methyl sites for hydroxylation is 1. The summed E-state index contributed by atoms with van der Waals surface area (Å²) < 4.78 is 46.2. The van der Waals surface area contributed by atoms with E-state index in [9.17, 15) is 8.78 Å². The van der Waals surface area contributed by atoms with Gasteiger partial charge in [0.1, 0.15) is 0 Å². The van der Waals surface area contributed by atoms with E-state index in [-0.39, 0.29) is 23.9 Å². The van der Waals surface area contributed by atoms with E-state index in [0.29, 0.717) is 23.7 Å². The Morgan fingerprint density at radius 2 is 1.60 bits per heavy atom. The van der Waals surface area contributed by atoms with Crippen molar-refractivity contribution in [3.05, 3.63) is 59.2 Å². The summed E-state index contributed by atoms with van der Waals surface area (Å²) in [5.41, 5.74) is 2.31. The Morgan fingerprint density at radius 1 is 0.867 bits per heavy atom. The predicted octanol–water partition coefficient (Wildman–Crippen LogP) is 6.20. The van der Waals surface area contributed by atoms with Gasteiger partial charge in [0, 0.05) is 17.4 Å². The Hall–Kier alpha value is -1.82. The first-order chi connectivity index (χ1) is 14.6. The summed E-state index contributed by atoms with van der Waals surface area (Å²) in [4.78, 5) is 0. The van der Waals surface area contributed by atoms with Gasteiger partial charge in [-0.05, 0) is 42.9 Å². The van der Waals surface area contributed by atoms with Crippen molar-refractivity contribution in [3.63, 3.8) is 0 Å². The molecule has 0 N–H and O–H groups in total. The molecule has 2 fully saturated rings. The normalized spacial score (nSPS) is 27.2. The molecule has 162 valence electrons. The standard InChI is InChI=1S/C25H30F2O3/c1-3-4-17-13-29-25(30-14-17)20-10-12-22(28-15-20)19-8-6-18(7-9-19)21-11-5-16(2)23(26)24(21)27/h5-9,11,17,20,22,25H,3-4,10,12-15H2,1-2H3. The number of ether oxygens (including phenoxy) is 3. The maximum absolute atomic E-state index is 14.3. The van der Waals surface area contributed by atoms with E-state index >= 15 is 0 Å². The topological polar surface area (TPSA) is 27.7 Å². The summed E-state index contributed by atoms with van der Waals surface area (Å²) >= 11 is 0. The molecule has 0 radical (unpaired) electrons. The van der Waals surface area contributed by atoms with Gasteiger partial charge in [-0.3, -0.25) is 0 Å². The van der Waals surface area contributed by atoms with E-state index in [1.807, 2.05) is 24.3 Å². The van der Waals surface area contributed by atoms with Crippen molar-refractivity contribution >= 4 is 0 Å². The minimum atomic E-state index is -0.798. The van der Waals surface area contributed by atoms with Crippen molar-refractivity contribution in [1.29, 1.82) is 0 Å². The van der Waals surface area contributed by atoms with E-state index < -0.39 is 11.6 Å². The minimum absolute atomic E-state index is 0.00586. The molecule has 2 aromatic carbocycles. The van der Waals surface area contributed by atoms with Gasteiger partial charge in [0.15, 0.2) is 17.9 Å². The molecule has 0 saturated carbocycles. The zero-order valence-electron chi connectivity index (χ0n) is 17.7. The maximum Gasteiger partial charge on any atom is 0.166 e. The highest BCUT2D eigenvalue weighted by atomic mass is 19.2. The number of hydrogen-bond acceptors (Lipinski definition) is 3. The van der Waals surface area contributed by atoms with Crippen molar-refractivity contribution in [2.75, 3.05) is 19.8 Å². The van der Waals surface area contributed by atoms with Crippen LogP contribution in [0.1, 0.15) is 49.8 Å². The van der Waals surface area contributed by atoms with Gasteiger partial charge in [-0.25, -0.2) is 8.78 Å². The SMILES string of the molecule is CCCC1COC(C2CCC(c3ccc(-c4ccc(C)c(F)c4F)cc3)OC2)OC1. The van der Waals surface area contributed by atoms with Gasteiger partial charge in [0.25, 0.3) is 0 Å². The van der Waals surface area contributed by atoms with E-state index in [0.717, 1.165) is 44.5 Å². The van der Waals surface area contributed by atoms with E-state index in [2.05, 4.69) is 6.92 Å². The lowest BCUT2D eigenvalue weighted by atomic mass is 9.92. The molecule has 2 aliphatic heterocycles. The van der Waals surface area contributed by atoms with Crippen LogP contribution in [-0.4, -0.2) is 26.1 Å². The summed E-state index contributed by atoms with van der Waals surface area (Å²) in [7, 11) is 0. The van der Waals surface area contributed by atoms with Gasteiger partial charge in [-0.15, -0.1) is 0 Å². The Labute approximate surface area is 177 Å². The summed E-state index contributed by atoms with van der Waals surface area (Å²) in [6, 6.07) is 10.8. The molecular formula is C25H30F2O3. The largest absolute Gasteiger partial charge is 0.373 e. The number of hydrogen-bond donors (Lipinski definition) is 0. The number of halogens is 2. The van der Waals surface area contributed by atoms with Crippen LogP contribution < -0.4 is 0 Å². The highest BCUT2D eigenvalue weighted by Crippen LogP contribution is 2.35. The molecule has 2 heterocycles. The zero-order valence-corrected chi connectivity index (χ0v) is 17.7. The highest BCUT2D eigenvalue weighted by Gasteiger charge is 2.33. The second-order valence-corrected chi connectivity index (χ2v) is 8.53. The average Bonchev–Trinajstić information content (AvgIpc) is 2.79. The third-order valence-corrected chi connectivity index (χ3v) is 6.25. The van der Waals surface area contributed by atoms with Crippen molar-refractivity contribution < 1.29 is 23.0 Å². The molecule has 2 atom stereocenters. The van der Waals surface area contributed by atoms with Gasteiger partial charge in [-0.1, -0.05) is 49.7 Å². The van der Waals surface area contributed by atoms with Crippen LogP contribution in [-0.2, 0) is 14.2 Å². The molecule has 2 unspecified atom stereocenters. The van der Waals surface area contributed by atoms with Crippen molar-refractivity contribution in [2.24, 2.45) is 11.8 Å². The summed E-state index contributed by atoms with van der Waals surface area (Å²) in [5, 5.41) is 0. The average molecular weight is 417 g/mol. The Kier molecular flexibility index (Phi) is 6.81. The summed E-state index contributed by atoms with van der Waals surface area (Å²) in [6.07, 6.45) is 4.00. The van der Waals surface area contributed by atoms with Gasteiger partial charge in [0.2, 0.25) is 0 Å². The van der Waals surface area contributed by atoms with Crippen molar-refractivity contribution in [2.45, 2.75) is 51.9 Å². The molecule has 2 aromatic rings.